The molecule has 13 heteroatoms. The Morgan fingerprint density at radius 3 is 2.37 bits per heavy atom. The molecule has 0 unspecified atom stereocenters. The number of carboxylic acids is 1. The van der Waals surface area contributed by atoms with Gasteiger partial charge in [-0.25, -0.2) is 4.79 Å². The van der Waals surface area contributed by atoms with E-state index in [4.69, 9.17) is 14.9 Å². The normalized spacial score (nSPS) is 34.7. The topological polar surface area (TPSA) is 217 Å². The molecule has 13 nitrogen and oxygen atoms in total. The van der Waals surface area contributed by atoms with Crippen LogP contribution >= 0.6 is 0 Å². The van der Waals surface area contributed by atoms with Crippen molar-refractivity contribution >= 4 is 35.3 Å². The molecule has 0 bridgehead atoms. The second-order valence-corrected chi connectivity index (χ2v) is 14.4. The number of amides is 2. The Morgan fingerprint density at radius 2 is 1.74 bits per heavy atom. The molecular formula is C33H48N2O11. The van der Waals surface area contributed by atoms with Crippen LogP contribution in [0, 0.1) is 34.5 Å². The fraction of sp³-hybridized carbons (Fsp3) is 0.758. The van der Waals surface area contributed by atoms with Crippen LogP contribution in [0.4, 0.5) is 0 Å². The molecule has 0 aliphatic heterocycles. The first kappa shape index (κ1) is 35.7. The summed E-state index contributed by atoms with van der Waals surface area (Å²) < 4.78 is 5.18. The van der Waals surface area contributed by atoms with Crippen molar-refractivity contribution in [2.24, 2.45) is 34.5 Å². The second kappa shape index (κ2) is 13.5. The summed E-state index contributed by atoms with van der Waals surface area (Å²) in [6, 6.07) is -2.66. The van der Waals surface area contributed by atoms with Crippen molar-refractivity contribution in [3.63, 3.8) is 0 Å². The Morgan fingerprint density at radius 1 is 1.04 bits per heavy atom. The summed E-state index contributed by atoms with van der Waals surface area (Å²) >= 11 is 0. The predicted octanol–water partition coefficient (Wildman–Crippen LogP) is 0.815. The lowest BCUT2D eigenvalue weighted by atomic mass is 9.45. The molecule has 3 saturated carbocycles. The van der Waals surface area contributed by atoms with E-state index < -0.39 is 84.3 Å². The maximum absolute atomic E-state index is 13.5. The molecule has 9 atom stereocenters. The number of Topliss-reactive ketones (excluding diaryl/α,β-unsaturated/α-hetero) is 1. The average molecular weight is 649 g/mol. The molecule has 6 N–H and O–H groups in total. The van der Waals surface area contributed by atoms with Crippen LogP contribution in [0.3, 0.4) is 0 Å². The van der Waals surface area contributed by atoms with E-state index in [1.807, 2.05) is 6.92 Å². The van der Waals surface area contributed by atoms with E-state index in [1.165, 1.54) is 0 Å². The molecule has 46 heavy (non-hydrogen) atoms. The van der Waals surface area contributed by atoms with Crippen molar-refractivity contribution in [2.75, 3.05) is 13.2 Å². The van der Waals surface area contributed by atoms with E-state index in [-0.39, 0.29) is 48.2 Å². The zero-order valence-electron chi connectivity index (χ0n) is 27.0. The maximum Gasteiger partial charge on any atom is 0.328 e. The van der Waals surface area contributed by atoms with Crippen molar-refractivity contribution in [3.05, 3.63) is 11.6 Å². The SMILES string of the molecule is CC(C)[C@H](NC(=O)CCC(=O)OCC(=O)[C@@]1(O)CC[C@@H]2[C@@H]3CCC4=CC(=O)CC[C@]4(C)[C@@H]3[C@H](O)C[C@@]21C)C(=O)N[C@@H](CO)C(=O)O. The summed E-state index contributed by atoms with van der Waals surface area (Å²) in [7, 11) is 0. The van der Waals surface area contributed by atoms with Crippen molar-refractivity contribution < 1.29 is 53.9 Å². The van der Waals surface area contributed by atoms with Crippen LogP contribution < -0.4 is 10.6 Å². The van der Waals surface area contributed by atoms with Gasteiger partial charge in [0, 0.05) is 18.3 Å². The van der Waals surface area contributed by atoms with Crippen molar-refractivity contribution in [1.29, 1.82) is 0 Å². The number of rotatable bonds is 12. The Balaban J connectivity index is 1.33. The zero-order chi connectivity index (χ0) is 34.2. The van der Waals surface area contributed by atoms with E-state index in [2.05, 4.69) is 17.6 Å². The maximum atomic E-state index is 13.5. The van der Waals surface area contributed by atoms with Gasteiger partial charge < -0.3 is 35.8 Å². The molecule has 4 aliphatic carbocycles. The van der Waals surface area contributed by atoms with E-state index in [1.54, 1.807) is 19.9 Å². The van der Waals surface area contributed by atoms with Gasteiger partial charge in [-0.2, -0.15) is 0 Å². The molecule has 0 radical (unpaired) electrons. The highest BCUT2D eigenvalue weighted by atomic mass is 16.5. The van der Waals surface area contributed by atoms with Crippen LogP contribution in [0.1, 0.15) is 85.5 Å². The number of hydrogen-bond donors (Lipinski definition) is 6. The van der Waals surface area contributed by atoms with Gasteiger partial charge in [-0.3, -0.25) is 24.0 Å². The molecule has 2 amide bonds. The van der Waals surface area contributed by atoms with Crippen LogP contribution in [0.15, 0.2) is 11.6 Å². The van der Waals surface area contributed by atoms with Gasteiger partial charge in [-0.1, -0.05) is 33.3 Å². The monoisotopic (exact) mass is 648 g/mol. The third-order valence-electron chi connectivity index (χ3n) is 11.5. The molecule has 0 aromatic heterocycles. The number of ether oxygens (including phenoxy) is 1. The van der Waals surface area contributed by atoms with Crippen molar-refractivity contribution in [3.8, 4) is 0 Å². The largest absolute Gasteiger partial charge is 0.480 e. The average Bonchev–Trinajstić information content (AvgIpc) is 3.26. The number of ketones is 2. The minimum absolute atomic E-state index is 0.0282. The number of aliphatic hydroxyl groups excluding tert-OH is 2. The van der Waals surface area contributed by atoms with E-state index >= 15 is 0 Å². The number of carboxylic acid groups (broad SMARTS) is 1. The Bertz CT molecular complexity index is 1300. The van der Waals surface area contributed by atoms with Gasteiger partial charge in [0.15, 0.2) is 12.4 Å². The van der Waals surface area contributed by atoms with E-state index in [0.717, 1.165) is 18.4 Å². The van der Waals surface area contributed by atoms with Crippen LogP contribution in [0.25, 0.3) is 0 Å². The number of allylic oxidation sites excluding steroid dienone is 1. The number of fused-ring (bicyclic) bond motifs is 5. The number of nitrogens with one attached hydrogen (secondary N) is 2. The van der Waals surface area contributed by atoms with Gasteiger partial charge in [0.05, 0.1) is 19.1 Å². The highest BCUT2D eigenvalue weighted by Gasteiger charge is 2.68. The number of hydrogen-bond acceptors (Lipinski definition) is 10. The van der Waals surface area contributed by atoms with Crippen molar-refractivity contribution in [1.82, 2.24) is 10.6 Å². The minimum Gasteiger partial charge on any atom is -0.480 e. The summed E-state index contributed by atoms with van der Waals surface area (Å²) in [6.45, 7) is 5.71. The number of carbonyl (C=O) groups is 6. The molecular weight excluding hydrogens is 600 g/mol. The molecule has 4 aliphatic rings. The van der Waals surface area contributed by atoms with E-state index in [9.17, 15) is 39.0 Å². The van der Waals surface area contributed by atoms with Gasteiger partial charge in [0.1, 0.15) is 17.7 Å². The van der Waals surface area contributed by atoms with Gasteiger partial charge in [-0.15, -0.1) is 0 Å². The lowest BCUT2D eigenvalue weighted by molar-refractivity contribution is -0.184. The Kier molecular flexibility index (Phi) is 10.5. The molecule has 0 saturated heterocycles. The third kappa shape index (κ3) is 6.50. The summed E-state index contributed by atoms with van der Waals surface area (Å²) in [5.74, 6) is -4.76. The first-order chi connectivity index (χ1) is 21.5. The summed E-state index contributed by atoms with van der Waals surface area (Å²) in [5, 5.41) is 46.2. The molecule has 3 fully saturated rings. The van der Waals surface area contributed by atoms with Gasteiger partial charge >= 0.3 is 11.9 Å². The summed E-state index contributed by atoms with van der Waals surface area (Å²) in [6.07, 6.45) is 3.81. The molecule has 0 spiro atoms. The minimum atomic E-state index is -1.80. The van der Waals surface area contributed by atoms with Crippen molar-refractivity contribution in [2.45, 2.75) is 109 Å². The molecule has 256 valence electrons. The molecule has 0 aromatic carbocycles. The van der Waals surface area contributed by atoms with Crippen LogP contribution in [-0.4, -0.2) is 92.7 Å². The lowest BCUT2D eigenvalue weighted by Gasteiger charge is -2.60. The number of esters is 1. The first-order valence-electron chi connectivity index (χ1n) is 16.2. The highest BCUT2D eigenvalue weighted by Crippen LogP contribution is 2.67. The fourth-order valence-electron chi connectivity index (χ4n) is 8.93. The Hall–Kier alpha value is -3.16. The molecule has 0 heterocycles. The zero-order valence-corrected chi connectivity index (χ0v) is 27.0. The lowest BCUT2D eigenvalue weighted by Crippen LogP contribution is -2.62. The van der Waals surface area contributed by atoms with Gasteiger partial charge in [-0.05, 0) is 73.7 Å². The van der Waals surface area contributed by atoms with Crippen LogP contribution in [0.2, 0.25) is 0 Å². The number of aliphatic carboxylic acids is 1. The highest BCUT2D eigenvalue weighted by molar-refractivity contribution is 5.93. The fourth-order valence-corrected chi connectivity index (χ4v) is 8.93. The predicted molar refractivity (Wildman–Crippen MR) is 162 cm³/mol. The Labute approximate surface area is 268 Å². The van der Waals surface area contributed by atoms with Gasteiger partial charge in [0.25, 0.3) is 0 Å². The quantitative estimate of drug-likeness (QED) is 0.163. The molecule has 0 aromatic rings. The van der Waals surface area contributed by atoms with E-state index in [0.29, 0.717) is 19.3 Å². The molecule has 4 rings (SSSR count). The number of aliphatic hydroxyl groups is 3. The van der Waals surface area contributed by atoms with Crippen LogP contribution in [-0.2, 0) is 33.5 Å². The summed E-state index contributed by atoms with van der Waals surface area (Å²) in [4.78, 5) is 74.2. The third-order valence-corrected chi connectivity index (χ3v) is 11.5. The van der Waals surface area contributed by atoms with Gasteiger partial charge in [0.2, 0.25) is 17.6 Å². The standard InChI is InChI=1S/C33H48N2O11/c1-17(2)28(29(42)34-22(15-36)30(43)44)35-25(40)7-8-26(41)46-16-24(39)33(45)12-10-21-20-6-5-18-13-19(37)9-11-31(18,3)27(20)23(38)14-32(21,33)4/h13,17,20-23,27-28,36,38,45H,5-12,14-16H2,1-4H3,(H,34,42)(H,35,40)(H,43,44)/t20-,21+,22-,23+,27-,28-,31-,32-,33-/m0/s1. The number of carbonyl (C=O) groups excluding carboxylic acids is 5. The first-order valence-corrected chi connectivity index (χ1v) is 16.2. The van der Waals surface area contributed by atoms with Crippen LogP contribution in [0.5, 0.6) is 0 Å². The smallest absolute Gasteiger partial charge is 0.328 e. The summed E-state index contributed by atoms with van der Waals surface area (Å²) in [5.41, 5.74) is -1.94. The second-order valence-electron chi connectivity index (χ2n) is 14.4.